The Hall–Kier alpha value is -0.480. The zero-order valence-corrected chi connectivity index (χ0v) is 14.1. The summed E-state index contributed by atoms with van der Waals surface area (Å²) in [5.41, 5.74) is 1.11. The minimum absolute atomic E-state index is 0.391. The van der Waals surface area contributed by atoms with Gasteiger partial charge in [-0.3, -0.25) is 0 Å². The molecule has 1 aromatic heterocycles. The van der Waals surface area contributed by atoms with E-state index in [1.54, 1.807) is 0 Å². The fourth-order valence-corrected chi connectivity index (χ4v) is 3.11. The van der Waals surface area contributed by atoms with Gasteiger partial charge in [0.15, 0.2) is 0 Å². The molecular formula is C16H31N3S. The highest BCUT2D eigenvalue weighted by molar-refractivity contribution is 7.03. The van der Waals surface area contributed by atoms with Crippen molar-refractivity contribution >= 4 is 11.5 Å². The predicted molar refractivity (Wildman–Crippen MR) is 88.2 cm³/mol. The SMILES string of the molecule is CCCCCCCCCCCCC(NC)c1csnn1. The second-order valence-corrected chi connectivity index (χ2v) is 6.25. The third-order valence-electron chi connectivity index (χ3n) is 3.93. The monoisotopic (exact) mass is 297 g/mol. The number of nitrogens with zero attached hydrogens (tertiary/aromatic N) is 2. The summed E-state index contributed by atoms with van der Waals surface area (Å²) in [5, 5.41) is 9.55. The van der Waals surface area contributed by atoms with Gasteiger partial charge in [-0.2, -0.15) is 0 Å². The van der Waals surface area contributed by atoms with Crippen LogP contribution in [0.25, 0.3) is 0 Å². The molecule has 0 fully saturated rings. The van der Waals surface area contributed by atoms with E-state index in [0.29, 0.717) is 6.04 Å². The molecule has 20 heavy (non-hydrogen) atoms. The summed E-state index contributed by atoms with van der Waals surface area (Å²) in [4.78, 5) is 0. The molecule has 0 spiro atoms. The van der Waals surface area contributed by atoms with E-state index in [1.165, 1.54) is 82.2 Å². The summed E-state index contributed by atoms with van der Waals surface area (Å²) in [6.07, 6.45) is 15.1. The summed E-state index contributed by atoms with van der Waals surface area (Å²) in [6.45, 7) is 2.28. The maximum atomic E-state index is 4.16. The molecule has 0 amide bonds. The third-order valence-corrected chi connectivity index (χ3v) is 4.45. The van der Waals surface area contributed by atoms with Gasteiger partial charge in [0, 0.05) is 5.38 Å². The molecule has 0 saturated heterocycles. The molecule has 0 aliphatic heterocycles. The predicted octanol–water partition coefficient (Wildman–Crippen LogP) is 5.11. The van der Waals surface area contributed by atoms with Gasteiger partial charge in [-0.05, 0) is 25.0 Å². The first-order valence-electron chi connectivity index (χ1n) is 8.32. The van der Waals surface area contributed by atoms with Gasteiger partial charge in [0.05, 0.1) is 11.7 Å². The molecule has 0 aliphatic carbocycles. The molecule has 116 valence electrons. The van der Waals surface area contributed by atoms with E-state index in [-0.39, 0.29) is 0 Å². The van der Waals surface area contributed by atoms with E-state index in [2.05, 4.69) is 27.2 Å². The Morgan fingerprint density at radius 2 is 1.60 bits per heavy atom. The van der Waals surface area contributed by atoms with Crippen LogP contribution in [0.3, 0.4) is 0 Å². The van der Waals surface area contributed by atoms with Crippen LogP contribution in [-0.2, 0) is 0 Å². The molecule has 1 heterocycles. The minimum Gasteiger partial charge on any atom is -0.312 e. The van der Waals surface area contributed by atoms with Crippen LogP contribution >= 0.6 is 11.5 Å². The van der Waals surface area contributed by atoms with E-state index < -0.39 is 0 Å². The highest BCUT2D eigenvalue weighted by Gasteiger charge is 2.10. The quantitative estimate of drug-likeness (QED) is 0.514. The molecule has 0 saturated carbocycles. The summed E-state index contributed by atoms with van der Waals surface area (Å²) >= 11 is 1.44. The molecule has 1 unspecified atom stereocenters. The molecule has 1 rings (SSSR count). The van der Waals surface area contributed by atoms with Crippen LogP contribution in [0.1, 0.15) is 89.3 Å². The number of aromatic nitrogens is 2. The van der Waals surface area contributed by atoms with Gasteiger partial charge in [-0.25, -0.2) is 0 Å². The lowest BCUT2D eigenvalue weighted by atomic mass is 10.0. The van der Waals surface area contributed by atoms with Crippen LogP contribution < -0.4 is 5.32 Å². The Kier molecular flexibility index (Phi) is 10.8. The van der Waals surface area contributed by atoms with Crippen molar-refractivity contribution in [3.05, 3.63) is 11.1 Å². The van der Waals surface area contributed by atoms with E-state index in [1.807, 2.05) is 7.05 Å². The minimum atomic E-state index is 0.391. The molecule has 0 bridgehead atoms. The Morgan fingerprint density at radius 1 is 1.00 bits per heavy atom. The van der Waals surface area contributed by atoms with Crippen molar-refractivity contribution in [2.24, 2.45) is 0 Å². The lowest BCUT2D eigenvalue weighted by molar-refractivity contribution is 0.484. The van der Waals surface area contributed by atoms with Gasteiger partial charge in [0.2, 0.25) is 0 Å². The summed E-state index contributed by atoms with van der Waals surface area (Å²) < 4.78 is 3.94. The van der Waals surface area contributed by atoms with Crippen LogP contribution in [0, 0.1) is 0 Å². The van der Waals surface area contributed by atoms with E-state index in [9.17, 15) is 0 Å². The molecule has 0 aromatic carbocycles. The van der Waals surface area contributed by atoms with Gasteiger partial charge in [-0.1, -0.05) is 75.6 Å². The summed E-state index contributed by atoms with van der Waals surface area (Å²) in [5.74, 6) is 0. The van der Waals surface area contributed by atoms with E-state index in [4.69, 9.17) is 0 Å². The van der Waals surface area contributed by atoms with E-state index in [0.717, 1.165) is 5.69 Å². The standard InChI is InChI=1S/C16H31N3S/c1-3-4-5-6-7-8-9-10-11-12-13-15(17-2)16-14-20-19-18-16/h14-15,17H,3-13H2,1-2H3. The lowest BCUT2D eigenvalue weighted by Crippen LogP contribution is -2.16. The zero-order valence-electron chi connectivity index (χ0n) is 13.2. The summed E-state index contributed by atoms with van der Waals surface area (Å²) in [6, 6.07) is 0.391. The van der Waals surface area contributed by atoms with Gasteiger partial charge in [0.25, 0.3) is 0 Å². The van der Waals surface area contributed by atoms with E-state index >= 15 is 0 Å². The maximum absolute atomic E-state index is 4.16. The third kappa shape index (κ3) is 7.95. The van der Waals surface area contributed by atoms with Crippen molar-refractivity contribution in [2.45, 2.75) is 83.6 Å². The normalized spacial score (nSPS) is 12.7. The second kappa shape index (κ2) is 12.3. The summed E-state index contributed by atoms with van der Waals surface area (Å²) in [7, 11) is 2.01. The van der Waals surface area contributed by atoms with Crippen LogP contribution in [0.5, 0.6) is 0 Å². The first-order chi connectivity index (χ1) is 9.88. The molecular weight excluding hydrogens is 266 g/mol. The van der Waals surface area contributed by atoms with Gasteiger partial charge >= 0.3 is 0 Å². The number of nitrogens with one attached hydrogen (secondary N) is 1. The fraction of sp³-hybridized carbons (Fsp3) is 0.875. The average molecular weight is 298 g/mol. The lowest BCUT2D eigenvalue weighted by Gasteiger charge is -2.12. The second-order valence-electron chi connectivity index (χ2n) is 5.64. The zero-order chi connectivity index (χ0) is 14.5. The smallest absolute Gasteiger partial charge is 0.0924 e. The molecule has 4 heteroatoms. The highest BCUT2D eigenvalue weighted by atomic mass is 32.1. The Balaban J connectivity index is 1.91. The molecule has 0 radical (unpaired) electrons. The maximum Gasteiger partial charge on any atom is 0.0924 e. The fourth-order valence-electron chi connectivity index (χ4n) is 2.60. The van der Waals surface area contributed by atoms with Crippen LogP contribution in [0.15, 0.2) is 5.38 Å². The van der Waals surface area contributed by atoms with Crippen LogP contribution in [-0.4, -0.2) is 16.6 Å². The van der Waals surface area contributed by atoms with Crippen molar-refractivity contribution in [1.82, 2.24) is 14.9 Å². The first-order valence-corrected chi connectivity index (χ1v) is 9.16. The van der Waals surface area contributed by atoms with Crippen molar-refractivity contribution in [1.29, 1.82) is 0 Å². The Bertz CT molecular complexity index is 301. The molecule has 0 aliphatic rings. The Morgan fingerprint density at radius 3 is 2.10 bits per heavy atom. The average Bonchev–Trinajstić information content (AvgIpc) is 2.99. The van der Waals surface area contributed by atoms with Crippen molar-refractivity contribution in [2.75, 3.05) is 7.05 Å². The first kappa shape index (κ1) is 17.6. The van der Waals surface area contributed by atoms with Gasteiger partial charge in [-0.15, -0.1) is 5.10 Å². The van der Waals surface area contributed by atoms with Crippen LogP contribution in [0.4, 0.5) is 0 Å². The largest absolute Gasteiger partial charge is 0.312 e. The van der Waals surface area contributed by atoms with Gasteiger partial charge in [0.1, 0.15) is 0 Å². The van der Waals surface area contributed by atoms with Gasteiger partial charge < -0.3 is 5.32 Å². The topological polar surface area (TPSA) is 37.8 Å². The molecule has 1 aromatic rings. The van der Waals surface area contributed by atoms with Crippen molar-refractivity contribution in [3.8, 4) is 0 Å². The number of rotatable bonds is 13. The number of unbranched alkanes of at least 4 members (excludes halogenated alkanes) is 9. The number of hydrogen-bond donors (Lipinski definition) is 1. The van der Waals surface area contributed by atoms with Crippen molar-refractivity contribution in [3.63, 3.8) is 0 Å². The molecule has 1 atom stereocenters. The number of hydrogen-bond acceptors (Lipinski definition) is 4. The van der Waals surface area contributed by atoms with Crippen LogP contribution in [0.2, 0.25) is 0 Å². The molecule has 1 N–H and O–H groups in total. The van der Waals surface area contributed by atoms with Crippen molar-refractivity contribution < 1.29 is 0 Å². The highest BCUT2D eigenvalue weighted by Crippen LogP contribution is 2.19. The Labute approximate surface area is 128 Å². The molecule has 3 nitrogen and oxygen atoms in total.